The van der Waals surface area contributed by atoms with E-state index in [0.29, 0.717) is 24.9 Å². The molecule has 1 amide bonds. The van der Waals surface area contributed by atoms with Crippen molar-refractivity contribution in [2.24, 2.45) is 0 Å². The third-order valence-corrected chi connectivity index (χ3v) is 4.95. The summed E-state index contributed by atoms with van der Waals surface area (Å²) in [4.78, 5) is 14.5. The molecular formula is C22H27FN2O. The fourth-order valence-corrected chi connectivity index (χ4v) is 3.38. The van der Waals surface area contributed by atoms with E-state index in [9.17, 15) is 9.18 Å². The van der Waals surface area contributed by atoms with E-state index in [1.807, 2.05) is 0 Å². The number of halogens is 1. The predicted molar refractivity (Wildman–Crippen MR) is 102 cm³/mol. The molecule has 0 aliphatic carbocycles. The summed E-state index contributed by atoms with van der Waals surface area (Å²) >= 11 is 0. The van der Waals surface area contributed by atoms with Gasteiger partial charge in [0.05, 0.1) is 0 Å². The molecule has 1 saturated heterocycles. The minimum absolute atomic E-state index is 0.0503. The molecule has 3 rings (SSSR count). The summed E-state index contributed by atoms with van der Waals surface area (Å²) in [6, 6.07) is 15.1. The van der Waals surface area contributed by atoms with Gasteiger partial charge in [0.2, 0.25) is 5.91 Å². The molecule has 26 heavy (non-hydrogen) atoms. The van der Waals surface area contributed by atoms with Crippen LogP contribution in [0.2, 0.25) is 0 Å². The van der Waals surface area contributed by atoms with E-state index in [-0.39, 0.29) is 11.7 Å². The van der Waals surface area contributed by atoms with Gasteiger partial charge in [0.15, 0.2) is 0 Å². The molecule has 138 valence electrons. The zero-order valence-electron chi connectivity index (χ0n) is 15.2. The summed E-state index contributed by atoms with van der Waals surface area (Å²) in [5.41, 5.74) is 3.00. The van der Waals surface area contributed by atoms with Crippen molar-refractivity contribution in [3.8, 4) is 0 Å². The molecule has 1 aliphatic heterocycles. The van der Waals surface area contributed by atoms with Crippen LogP contribution in [0.1, 0.15) is 42.4 Å². The molecule has 0 saturated carbocycles. The van der Waals surface area contributed by atoms with Gasteiger partial charge in [-0.3, -0.25) is 9.69 Å². The Kier molecular flexibility index (Phi) is 6.78. The number of piperidine rings is 1. The van der Waals surface area contributed by atoms with Gasteiger partial charge in [-0.25, -0.2) is 4.39 Å². The number of rotatable bonds is 7. The fourth-order valence-electron chi connectivity index (χ4n) is 3.38. The van der Waals surface area contributed by atoms with E-state index >= 15 is 0 Å². The molecule has 1 heterocycles. The van der Waals surface area contributed by atoms with Crippen LogP contribution in [0, 0.1) is 5.82 Å². The molecule has 0 radical (unpaired) electrons. The molecule has 1 fully saturated rings. The summed E-state index contributed by atoms with van der Waals surface area (Å²) in [5.74, 6) is -0.296. The number of benzene rings is 2. The van der Waals surface area contributed by atoms with Gasteiger partial charge in [-0.15, -0.1) is 0 Å². The van der Waals surface area contributed by atoms with Crippen LogP contribution in [0.5, 0.6) is 0 Å². The average molecular weight is 354 g/mol. The van der Waals surface area contributed by atoms with Crippen LogP contribution in [-0.4, -0.2) is 23.9 Å². The lowest BCUT2D eigenvalue weighted by Gasteiger charge is -2.26. The summed E-state index contributed by atoms with van der Waals surface area (Å²) in [6.07, 6.45) is 4.68. The summed E-state index contributed by atoms with van der Waals surface area (Å²) in [6.45, 7) is 3.91. The Labute approximate surface area is 155 Å². The number of carbonyl (C=O) groups is 1. The zero-order chi connectivity index (χ0) is 18.2. The lowest BCUT2D eigenvalue weighted by atomic mass is 10.1. The number of hydrogen-bond acceptors (Lipinski definition) is 2. The fraction of sp³-hybridized carbons (Fsp3) is 0.409. The molecule has 0 aromatic heterocycles. The van der Waals surface area contributed by atoms with Gasteiger partial charge >= 0.3 is 0 Å². The van der Waals surface area contributed by atoms with Crippen molar-refractivity contribution in [1.29, 1.82) is 0 Å². The molecule has 0 atom stereocenters. The molecule has 1 aliphatic rings. The lowest BCUT2D eigenvalue weighted by molar-refractivity contribution is -0.121. The standard InChI is InChI=1S/C22H27FN2O/c23-21-7-3-2-6-20(21)12-13-22(26)24-16-18-8-10-19(11-9-18)17-25-14-4-1-5-15-25/h2-3,6-11H,1,4-5,12-17H2,(H,24,26). The number of aryl methyl sites for hydroxylation is 1. The van der Waals surface area contributed by atoms with E-state index in [4.69, 9.17) is 0 Å². The van der Waals surface area contributed by atoms with Crippen LogP contribution < -0.4 is 5.32 Å². The quantitative estimate of drug-likeness (QED) is 0.813. The van der Waals surface area contributed by atoms with Crippen LogP contribution in [0.25, 0.3) is 0 Å². The van der Waals surface area contributed by atoms with Crippen molar-refractivity contribution in [2.75, 3.05) is 13.1 Å². The highest BCUT2D eigenvalue weighted by atomic mass is 19.1. The van der Waals surface area contributed by atoms with E-state index in [1.54, 1.807) is 18.2 Å². The second-order valence-electron chi connectivity index (χ2n) is 7.02. The first-order valence-corrected chi connectivity index (χ1v) is 9.51. The Bertz CT molecular complexity index is 708. The molecule has 3 nitrogen and oxygen atoms in total. The monoisotopic (exact) mass is 354 g/mol. The molecule has 0 bridgehead atoms. The summed E-state index contributed by atoms with van der Waals surface area (Å²) in [5, 5.41) is 2.92. The molecule has 2 aromatic carbocycles. The molecule has 0 unspecified atom stereocenters. The van der Waals surface area contributed by atoms with Crippen LogP contribution >= 0.6 is 0 Å². The van der Waals surface area contributed by atoms with Crippen LogP contribution in [0.3, 0.4) is 0 Å². The van der Waals surface area contributed by atoms with Gasteiger partial charge in [-0.05, 0) is 55.1 Å². The Hall–Kier alpha value is -2.20. The number of carbonyl (C=O) groups excluding carboxylic acids is 1. The lowest BCUT2D eigenvalue weighted by Crippen LogP contribution is -2.29. The highest BCUT2D eigenvalue weighted by Crippen LogP contribution is 2.14. The number of hydrogen-bond donors (Lipinski definition) is 1. The Morgan fingerprint density at radius 1 is 0.962 bits per heavy atom. The second kappa shape index (κ2) is 9.48. The number of likely N-dealkylation sites (tertiary alicyclic amines) is 1. The normalized spacial score (nSPS) is 15.0. The van der Waals surface area contributed by atoms with Gasteiger partial charge in [-0.2, -0.15) is 0 Å². The minimum atomic E-state index is -0.246. The molecular weight excluding hydrogens is 327 g/mol. The Morgan fingerprint density at radius 3 is 2.38 bits per heavy atom. The van der Waals surface area contributed by atoms with E-state index in [1.165, 1.54) is 44.0 Å². The van der Waals surface area contributed by atoms with Gasteiger partial charge in [-0.1, -0.05) is 48.9 Å². The van der Waals surface area contributed by atoms with Crippen LogP contribution in [0.4, 0.5) is 4.39 Å². The SMILES string of the molecule is O=C(CCc1ccccc1F)NCc1ccc(CN2CCCCC2)cc1. The Morgan fingerprint density at radius 2 is 1.65 bits per heavy atom. The summed E-state index contributed by atoms with van der Waals surface area (Å²) < 4.78 is 13.6. The maximum Gasteiger partial charge on any atom is 0.220 e. The van der Waals surface area contributed by atoms with Crippen molar-refractivity contribution in [2.45, 2.75) is 45.2 Å². The molecule has 2 aromatic rings. The zero-order valence-corrected chi connectivity index (χ0v) is 15.2. The summed E-state index contributed by atoms with van der Waals surface area (Å²) in [7, 11) is 0. The first kappa shape index (κ1) is 18.6. The topological polar surface area (TPSA) is 32.3 Å². The number of nitrogens with one attached hydrogen (secondary N) is 1. The van der Waals surface area contributed by atoms with E-state index in [0.717, 1.165) is 12.1 Å². The van der Waals surface area contributed by atoms with Crippen molar-refractivity contribution in [3.05, 3.63) is 71.0 Å². The third-order valence-electron chi connectivity index (χ3n) is 4.95. The van der Waals surface area contributed by atoms with Crippen molar-refractivity contribution in [3.63, 3.8) is 0 Å². The maximum absolute atomic E-state index is 13.6. The van der Waals surface area contributed by atoms with E-state index in [2.05, 4.69) is 34.5 Å². The smallest absolute Gasteiger partial charge is 0.220 e. The average Bonchev–Trinajstić information content (AvgIpc) is 2.68. The minimum Gasteiger partial charge on any atom is -0.352 e. The highest BCUT2D eigenvalue weighted by molar-refractivity contribution is 5.76. The van der Waals surface area contributed by atoms with Crippen molar-refractivity contribution in [1.82, 2.24) is 10.2 Å². The van der Waals surface area contributed by atoms with Crippen molar-refractivity contribution >= 4 is 5.91 Å². The number of nitrogens with zero attached hydrogens (tertiary/aromatic N) is 1. The van der Waals surface area contributed by atoms with Gasteiger partial charge in [0.1, 0.15) is 5.82 Å². The van der Waals surface area contributed by atoms with Crippen LogP contribution in [-0.2, 0) is 24.3 Å². The predicted octanol–water partition coefficient (Wildman–Crippen LogP) is 4.06. The third kappa shape index (κ3) is 5.67. The molecule has 1 N–H and O–H groups in total. The van der Waals surface area contributed by atoms with Crippen molar-refractivity contribution < 1.29 is 9.18 Å². The van der Waals surface area contributed by atoms with Gasteiger partial charge in [0, 0.05) is 19.5 Å². The van der Waals surface area contributed by atoms with Crippen LogP contribution in [0.15, 0.2) is 48.5 Å². The first-order valence-electron chi connectivity index (χ1n) is 9.51. The molecule has 0 spiro atoms. The van der Waals surface area contributed by atoms with E-state index < -0.39 is 0 Å². The number of amides is 1. The molecule has 4 heteroatoms. The Balaban J connectivity index is 1.41. The van der Waals surface area contributed by atoms with Gasteiger partial charge in [0.25, 0.3) is 0 Å². The first-order chi connectivity index (χ1) is 12.7. The maximum atomic E-state index is 13.6. The highest BCUT2D eigenvalue weighted by Gasteiger charge is 2.10. The van der Waals surface area contributed by atoms with Gasteiger partial charge < -0.3 is 5.32 Å². The second-order valence-corrected chi connectivity index (χ2v) is 7.02. The largest absolute Gasteiger partial charge is 0.352 e.